The first kappa shape index (κ1) is 12.2. The van der Waals surface area contributed by atoms with Crippen molar-refractivity contribution in [3.05, 3.63) is 66.6 Å². The molecule has 0 saturated heterocycles. The average molecular weight is 277 g/mol. The minimum Gasteiger partial charge on any atom is -0.469 e. The predicted octanol–water partition coefficient (Wildman–Crippen LogP) is 4.18. The fraction of sp³-hybridized carbons (Fsp3) is 0.167. The molecule has 1 heterocycles. The Kier molecular flexibility index (Phi) is 2.78. The zero-order valence-electron chi connectivity index (χ0n) is 11.5. The summed E-state index contributed by atoms with van der Waals surface area (Å²) in [5.41, 5.74) is 0.851. The van der Waals surface area contributed by atoms with Crippen LogP contribution in [0, 0.1) is 5.92 Å². The minimum absolute atomic E-state index is 0.0302. The van der Waals surface area contributed by atoms with Crippen molar-refractivity contribution in [1.29, 1.82) is 0 Å². The Bertz CT molecular complexity index is 792. The molecular weight excluding hydrogens is 262 g/mol. The summed E-state index contributed by atoms with van der Waals surface area (Å²) in [6, 6.07) is 17.9. The zero-order valence-corrected chi connectivity index (χ0v) is 11.5. The van der Waals surface area contributed by atoms with E-state index in [2.05, 4.69) is 11.4 Å². The van der Waals surface area contributed by atoms with Crippen molar-refractivity contribution in [2.45, 2.75) is 12.3 Å². The maximum atomic E-state index is 12.3. The van der Waals surface area contributed by atoms with Gasteiger partial charge in [0, 0.05) is 17.5 Å². The highest BCUT2D eigenvalue weighted by molar-refractivity contribution is 5.97. The first-order valence-electron chi connectivity index (χ1n) is 7.14. The van der Waals surface area contributed by atoms with Gasteiger partial charge in [0.25, 0.3) is 0 Å². The summed E-state index contributed by atoms with van der Waals surface area (Å²) in [4.78, 5) is 12.3. The Morgan fingerprint density at radius 2 is 1.90 bits per heavy atom. The maximum Gasteiger partial charge on any atom is 0.228 e. The van der Waals surface area contributed by atoms with E-state index in [1.54, 1.807) is 6.26 Å². The van der Waals surface area contributed by atoms with E-state index < -0.39 is 0 Å². The van der Waals surface area contributed by atoms with E-state index in [4.69, 9.17) is 4.42 Å². The van der Waals surface area contributed by atoms with Gasteiger partial charge < -0.3 is 9.73 Å². The summed E-state index contributed by atoms with van der Waals surface area (Å²) in [6.45, 7) is 0. The highest BCUT2D eigenvalue weighted by atomic mass is 16.3. The number of carbonyl (C=O) groups excluding carboxylic acids is 1. The third kappa shape index (κ3) is 2.31. The van der Waals surface area contributed by atoms with Gasteiger partial charge in [-0.25, -0.2) is 0 Å². The van der Waals surface area contributed by atoms with E-state index in [-0.39, 0.29) is 17.7 Å². The van der Waals surface area contributed by atoms with Gasteiger partial charge >= 0.3 is 0 Å². The molecule has 1 N–H and O–H groups in total. The number of hydrogen-bond donors (Lipinski definition) is 1. The smallest absolute Gasteiger partial charge is 0.228 e. The molecule has 4 rings (SSSR count). The van der Waals surface area contributed by atoms with E-state index in [1.807, 2.05) is 48.5 Å². The quantitative estimate of drug-likeness (QED) is 0.780. The molecule has 3 aromatic rings. The van der Waals surface area contributed by atoms with Crippen LogP contribution in [0.25, 0.3) is 10.8 Å². The number of nitrogens with one attached hydrogen (secondary N) is 1. The summed E-state index contributed by atoms with van der Waals surface area (Å²) in [5.74, 6) is 1.25. The van der Waals surface area contributed by atoms with Crippen LogP contribution >= 0.6 is 0 Å². The number of carbonyl (C=O) groups is 1. The molecule has 2 unspecified atom stereocenters. The van der Waals surface area contributed by atoms with Gasteiger partial charge in [0.05, 0.1) is 6.26 Å². The molecule has 0 spiro atoms. The molecule has 1 amide bonds. The van der Waals surface area contributed by atoms with Crippen LogP contribution in [0.2, 0.25) is 0 Å². The van der Waals surface area contributed by atoms with Crippen LogP contribution < -0.4 is 5.32 Å². The monoisotopic (exact) mass is 277 g/mol. The summed E-state index contributed by atoms with van der Waals surface area (Å²) in [5, 5.41) is 5.32. The molecule has 2 aromatic carbocycles. The van der Waals surface area contributed by atoms with E-state index in [1.165, 1.54) is 5.39 Å². The Balaban J connectivity index is 1.49. The Morgan fingerprint density at radius 1 is 1.05 bits per heavy atom. The van der Waals surface area contributed by atoms with Gasteiger partial charge in [0.2, 0.25) is 5.91 Å². The molecule has 3 heteroatoms. The van der Waals surface area contributed by atoms with Gasteiger partial charge in [-0.1, -0.05) is 30.3 Å². The van der Waals surface area contributed by atoms with Crippen molar-refractivity contribution in [2.75, 3.05) is 5.32 Å². The molecule has 1 aliphatic rings. The number of fused-ring (bicyclic) bond motifs is 1. The van der Waals surface area contributed by atoms with Crippen LogP contribution in [0.15, 0.2) is 65.3 Å². The lowest BCUT2D eigenvalue weighted by Crippen LogP contribution is -2.14. The van der Waals surface area contributed by atoms with Crippen molar-refractivity contribution in [3.8, 4) is 0 Å². The minimum atomic E-state index is 0.0302. The second kappa shape index (κ2) is 4.77. The van der Waals surface area contributed by atoms with E-state index in [0.717, 1.165) is 23.3 Å². The SMILES string of the molecule is O=C(Nc1ccc2ccccc2c1)C1CC1c1ccco1. The highest BCUT2D eigenvalue weighted by Crippen LogP contribution is 2.48. The van der Waals surface area contributed by atoms with Gasteiger partial charge in [-0.3, -0.25) is 4.79 Å². The lowest BCUT2D eigenvalue weighted by atomic mass is 10.1. The van der Waals surface area contributed by atoms with E-state index in [9.17, 15) is 4.79 Å². The third-order valence-electron chi connectivity index (χ3n) is 4.05. The fourth-order valence-corrected chi connectivity index (χ4v) is 2.80. The van der Waals surface area contributed by atoms with Crippen molar-refractivity contribution in [3.63, 3.8) is 0 Å². The van der Waals surface area contributed by atoms with Gasteiger partial charge in [-0.15, -0.1) is 0 Å². The Hall–Kier alpha value is -2.55. The standard InChI is InChI=1S/C18H15NO2/c20-18(16-11-15(16)17-6-3-9-21-17)19-14-8-7-12-4-1-2-5-13(12)10-14/h1-10,15-16H,11H2,(H,19,20). The topological polar surface area (TPSA) is 42.2 Å². The molecular formula is C18H15NO2. The molecule has 21 heavy (non-hydrogen) atoms. The van der Waals surface area contributed by atoms with Crippen LogP contribution in [-0.2, 0) is 4.79 Å². The molecule has 0 radical (unpaired) electrons. The molecule has 1 fully saturated rings. The number of hydrogen-bond acceptors (Lipinski definition) is 2. The molecule has 1 aliphatic carbocycles. The lowest BCUT2D eigenvalue weighted by molar-refractivity contribution is -0.117. The largest absolute Gasteiger partial charge is 0.469 e. The van der Waals surface area contributed by atoms with Gasteiger partial charge in [0.1, 0.15) is 5.76 Å². The molecule has 0 aliphatic heterocycles. The number of amides is 1. The van der Waals surface area contributed by atoms with Crippen LogP contribution in [0.4, 0.5) is 5.69 Å². The maximum absolute atomic E-state index is 12.3. The highest BCUT2D eigenvalue weighted by Gasteiger charge is 2.45. The van der Waals surface area contributed by atoms with Crippen LogP contribution in [0.1, 0.15) is 18.1 Å². The molecule has 3 nitrogen and oxygen atoms in total. The second-order valence-electron chi connectivity index (χ2n) is 5.52. The molecule has 2 atom stereocenters. The van der Waals surface area contributed by atoms with Gasteiger partial charge in [-0.2, -0.15) is 0 Å². The van der Waals surface area contributed by atoms with Gasteiger partial charge in [0.15, 0.2) is 0 Å². The number of furan rings is 1. The van der Waals surface area contributed by atoms with Crippen molar-refractivity contribution >= 4 is 22.4 Å². The van der Waals surface area contributed by atoms with Crippen molar-refractivity contribution in [2.24, 2.45) is 5.92 Å². The molecule has 1 aromatic heterocycles. The molecule has 104 valence electrons. The van der Waals surface area contributed by atoms with E-state index >= 15 is 0 Å². The lowest BCUT2D eigenvalue weighted by Gasteiger charge is -2.06. The second-order valence-corrected chi connectivity index (χ2v) is 5.52. The number of benzene rings is 2. The number of rotatable bonds is 3. The normalized spacial score (nSPS) is 20.4. The molecule has 1 saturated carbocycles. The van der Waals surface area contributed by atoms with Crippen molar-refractivity contribution in [1.82, 2.24) is 0 Å². The Morgan fingerprint density at radius 3 is 2.71 bits per heavy atom. The summed E-state index contributed by atoms with van der Waals surface area (Å²) in [6.07, 6.45) is 2.53. The van der Waals surface area contributed by atoms with Crippen LogP contribution in [-0.4, -0.2) is 5.91 Å². The fourth-order valence-electron chi connectivity index (χ4n) is 2.80. The third-order valence-corrected chi connectivity index (χ3v) is 4.05. The first-order valence-corrected chi connectivity index (χ1v) is 7.14. The van der Waals surface area contributed by atoms with E-state index in [0.29, 0.717) is 0 Å². The van der Waals surface area contributed by atoms with Crippen molar-refractivity contribution < 1.29 is 9.21 Å². The molecule has 0 bridgehead atoms. The summed E-state index contributed by atoms with van der Waals surface area (Å²) in [7, 11) is 0. The first-order chi connectivity index (χ1) is 10.3. The van der Waals surface area contributed by atoms with Gasteiger partial charge in [-0.05, 0) is 41.5 Å². The Labute approximate surface area is 122 Å². The summed E-state index contributed by atoms with van der Waals surface area (Å²) >= 11 is 0. The zero-order chi connectivity index (χ0) is 14.2. The summed E-state index contributed by atoms with van der Waals surface area (Å²) < 4.78 is 5.37. The number of anilines is 1. The predicted molar refractivity (Wildman–Crippen MR) is 82.1 cm³/mol. The van der Waals surface area contributed by atoms with Crippen LogP contribution in [0.3, 0.4) is 0 Å². The average Bonchev–Trinajstić information content (AvgIpc) is 3.13. The van der Waals surface area contributed by atoms with Crippen LogP contribution in [0.5, 0.6) is 0 Å².